The van der Waals surface area contributed by atoms with Crippen LogP contribution in [0.15, 0.2) is 23.2 Å². The Kier molecular flexibility index (Phi) is 1.80. The number of rotatable bonds is 0. The number of amides is 2. The molecule has 0 bridgehead atoms. The molecule has 0 spiro atoms. The number of hydrogen-bond donors (Lipinski definition) is 1. The van der Waals surface area contributed by atoms with Crippen molar-refractivity contribution in [1.29, 1.82) is 0 Å². The van der Waals surface area contributed by atoms with Crippen LogP contribution in [0.25, 0.3) is 0 Å². The molecule has 1 saturated heterocycles. The van der Waals surface area contributed by atoms with Crippen LogP contribution in [-0.4, -0.2) is 29.9 Å². The number of carbonyl (C=O) groups excluding carboxylic acids is 1. The average molecular weight is 215 g/mol. The van der Waals surface area contributed by atoms with Crippen LogP contribution in [0.1, 0.15) is 11.1 Å². The summed E-state index contributed by atoms with van der Waals surface area (Å²) in [7, 11) is 1.81. The minimum Gasteiger partial charge on any atom is -0.317 e. The van der Waals surface area contributed by atoms with Gasteiger partial charge < -0.3 is 4.90 Å². The highest BCUT2D eigenvalue weighted by molar-refractivity contribution is 6.08. The van der Waals surface area contributed by atoms with Gasteiger partial charge in [0.25, 0.3) is 0 Å². The number of urea groups is 1. The molecule has 0 radical (unpaired) electrons. The standard InChI is InChI=1S/C12H13N3O/c1-7-4-3-5-9-8(7)6-10-11(13-9)14-12(16)15(10)2/h3-5,10H,6H2,1-2H3,(H,13,14,16). The molecule has 1 atom stereocenters. The lowest BCUT2D eigenvalue weighted by Gasteiger charge is -2.23. The quantitative estimate of drug-likeness (QED) is 0.702. The molecule has 1 aromatic rings. The third-order valence-electron chi connectivity index (χ3n) is 3.36. The van der Waals surface area contributed by atoms with Gasteiger partial charge >= 0.3 is 6.03 Å². The van der Waals surface area contributed by atoms with Crippen molar-refractivity contribution in [1.82, 2.24) is 10.2 Å². The number of amidine groups is 1. The van der Waals surface area contributed by atoms with E-state index >= 15 is 0 Å². The number of aliphatic imine (C=N–C) groups is 1. The molecule has 0 saturated carbocycles. The molecule has 0 aliphatic carbocycles. The van der Waals surface area contributed by atoms with Crippen molar-refractivity contribution in [2.24, 2.45) is 4.99 Å². The van der Waals surface area contributed by atoms with Crippen molar-refractivity contribution in [3.05, 3.63) is 29.3 Å². The third-order valence-corrected chi connectivity index (χ3v) is 3.36. The maximum Gasteiger partial charge on any atom is 0.323 e. The van der Waals surface area contributed by atoms with Crippen molar-refractivity contribution in [3.8, 4) is 0 Å². The lowest BCUT2D eigenvalue weighted by Crippen LogP contribution is -2.35. The largest absolute Gasteiger partial charge is 0.323 e. The van der Waals surface area contributed by atoms with Crippen LogP contribution in [0.4, 0.5) is 10.5 Å². The van der Waals surface area contributed by atoms with E-state index in [1.165, 1.54) is 11.1 Å². The summed E-state index contributed by atoms with van der Waals surface area (Å²) in [5.74, 6) is 0.783. The summed E-state index contributed by atoms with van der Waals surface area (Å²) in [6.07, 6.45) is 0.857. The van der Waals surface area contributed by atoms with Crippen molar-refractivity contribution < 1.29 is 4.79 Å². The molecular weight excluding hydrogens is 202 g/mol. The summed E-state index contributed by atoms with van der Waals surface area (Å²) in [6.45, 7) is 2.09. The van der Waals surface area contributed by atoms with E-state index in [1.54, 1.807) is 4.90 Å². The van der Waals surface area contributed by atoms with Gasteiger partial charge in [-0.05, 0) is 24.1 Å². The first-order valence-electron chi connectivity index (χ1n) is 5.37. The smallest absolute Gasteiger partial charge is 0.317 e. The van der Waals surface area contributed by atoms with Gasteiger partial charge in [0.15, 0.2) is 0 Å². The third kappa shape index (κ3) is 1.16. The lowest BCUT2D eigenvalue weighted by atomic mass is 9.96. The van der Waals surface area contributed by atoms with E-state index in [-0.39, 0.29) is 12.1 Å². The van der Waals surface area contributed by atoms with E-state index < -0.39 is 0 Å². The van der Waals surface area contributed by atoms with Gasteiger partial charge in [-0.25, -0.2) is 9.79 Å². The van der Waals surface area contributed by atoms with Crippen LogP contribution in [0.5, 0.6) is 0 Å². The van der Waals surface area contributed by atoms with Gasteiger partial charge in [0.1, 0.15) is 5.84 Å². The van der Waals surface area contributed by atoms with Gasteiger partial charge in [0.2, 0.25) is 0 Å². The monoisotopic (exact) mass is 215 g/mol. The number of fused-ring (bicyclic) bond motifs is 2. The fourth-order valence-electron chi connectivity index (χ4n) is 2.32. The molecule has 2 aliphatic rings. The second-order valence-corrected chi connectivity index (χ2v) is 4.33. The molecule has 82 valence electrons. The molecule has 2 aliphatic heterocycles. The molecule has 2 heterocycles. The minimum absolute atomic E-state index is 0.0609. The maximum absolute atomic E-state index is 11.5. The summed E-state index contributed by atoms with van der Waals surface area (Å²) < 4.78 is 0. The van der Waals surface area contributed by atoms with E-state index in [1.807, 2.05) is 19.2 Å². The Morgan fingerprint density at radius 3 is 3.12 bits per heavy atom. The molecule has 1 fully saturated rings. The van der Waals surface area contributed by atoms with Gasteiger partial charge in [-0.15, -0.1) is 0 Å². The van der Waals surface area contributed by atoms with Crippen LogP contribution < -0.4 is 5.32 Å². The first kappa shape index (κ1) is 9.39. The molecule has 1 N–H and O–H groups in total. The van der Waals surface area contributed by atoms with Crippen LogP contribution >= 0.6 is 0 Å². The van der Waals surface area contributed by atoms with Crippen molar-refractivity contribution in [2.45, 2.75) is 19.4 Å². The molecule has 0 aromatic heterocycles. The van der Waals surface area contributed by atoms with E-state index in [0.29, 0.717) is 0 Å². The second kappa shape index (κ2) is 3.07. The van der Waals surface area contributed by atoms with Gasteiger partial charge in [0, 0.05) is 13.5 Å². The van der Waals surface area contributed by atoms with E-state index in [9.17, 15) is 4.79 Å². The molecule has 4 nitrogen and oxygen atoms in total. The summed E-state index contributed by atoms with van der Waals surface area (Å²) in [4.78, 5) is 17.7. The van der Waals surface area contributed by atoms with E-state index in [4.69, 9.17) is 0 Å². The Labute approximate surface area is 94.0 Å². The first-order valence-corrected chi connectivity index (χ1v) is 5.37. The molecule has 3 rings (SSSR count). The van der Waals surface area contributed by atoms with E-state index in [0.717, 1.165) is 17.9 Å². The summed E-state index contributed by atoms with van der Waals surface area (Å²) in [5, 5.41) is 2.80. The van der Waals surface area contributed by atoms with E-state index in [2.05, 4.69) is 23.3 Å². The first-order chi connectivity index (χ1) is 7.66. The maximum atomic E-state index is 11.5. The number of nitrogens with one attached hydrogen (secondary N) is 1. The SMILES string of the molecule is Cc1cccc2c1CC1C(=N2)NC(=O)N1C. The number of nitrogens with zero attached hydrogens (tertiary/aromatic N) is 2. The number of carbonyl (C=O) groups is 1. The highest BCUT2D eigenvalue weighted by atomic mass is 16.2. The molecule has 1 aromatic carbocycles. The number of likely N-dealkylation sites (N-methyl/N-ethyl adjacent to an activating group) is 1. The van der Waals surface area contributed by atoms with Gasteiger partial charge in [-0.2, -0.15) is 0 Å². The Morgan fingerprint density at radius 2 is 2.31 bits per heavy atom. The molecule has 1 unspecified atom stereocenters. The minimum atomic E-state index is -0.0609. The Morgan fingerprint density at radius 1 is 1.50 bits per heavy atom. The second-order valence-electron chi connectivity index (χ2n) is 4.33. The zero-order valence-electron chi connectivity index (χ0n) is 9.32. The topological polar surface area (TPSA) is 44.7 Å². The average Bonchev–Trinajstić information content (AvgIpc) is 2.53. The zero-order valence-corrected chi connectivity index (χ0v) is 9.32. The van der Waals surface area contributed by atoms with Gasteiger partial charge in [-0.3, -0.25) is 5.32 Å². The van der Waals surface area contributed by atoms with Crippen molar-refractivity contribution in [2.75, 3.05) is 7.05 Å². The summed E-state index contributed by atoms with van der Waals surface area (Å²) in [6, 6.07) is 6.11. The Bertz CT molecular complexity index is 507. The Hall–Kier alpha value is -1.84. The highest BCUT2D eigenvalue weighted by Gasteiger charge is 2.36. The predicted molar refractivity (Wildman–Crippen MR) is 62.1 cm³/mol. The number of benzene rings is 1. The highest BCUT2D eigenvalue weighted by Crippen LogP contribution is 2.31. The number of aryl methyl sites for hydroxylation is 1. The van der Waals surface area contributed by atoms with Crippen LogP contribution in [0, 0.1) is 6.92 Å². The summed E-state index contributed by atoms with van der Waals surface area (Å²) in [5.41, 5.74) is 3.48. The molecule has 4 heteroatoms. The zero-order chi connectivity index (χ0) is 11.3. The number of hydrogen-bond acceptors (Lipinski definition) is 2. The fourth-order valence-corrected chi connectivity index (χ4v) is 2.32. The predicted octanol–water partition coefficient (Wildman–Crippen LogP) is 1.60. The molecular formula is C12H13N3O. The molecule has 2 amide bonds. The van der Waals surface area contributed by atoms with Crippen LogP contribution in [0.2, 0.25) is 0 Å². The molecule has 16 heavy (non-hydrogen) atoms. The van der Waals surface area contributed by atoms with Crippen LogP contribution in [-0.2, 0) is 6.42 Å². The fraction of sp³-hybridized carbons (Fsp3) is 0.333. The lowest BCUT2D eigenvalue weighted by molar-refractivity contribution is 0.217. The van der Waals surface area contributed by atoms with Crippen molar-refractivity contribution in [3.63, 3.8) is 0 Å². The van der Waals surface area contributed by atoms with Crippen molar-refractivity contribution >= 4 is 17.6 Å². The Balaban J connectivity index is 2.11. The van der Waals surface area contributed by atoms with Crippen LogP contribution in [0.3, 0.4) is 0 Å². The van der Waals surface area contributed by atoms with Gasteiger partial charge in [0.05, 0.1) is 11.7 Å². The summed E-state index contributed by atoms with van der Waals surface area (Å²) >= 11 is 0. The normalized spacial score (nSPS) is 22.4. The van der Waals surface area contributed by atoms with Gasteiger partial charge in [-0.1, -0.05) is 12.1 Å².